The number of nitrogen functional groups attached to an aromatic ring is 1. The molecule has 24 heavy (non-hydrogen) atoms. The summed E-state index contributed by atoms with van der Waals surface area (Å²) in [6, 6.07) is 12.1. The van der Waals surface area contributed by atoms with Crippen molar-refractivity contribution in [2.45, 2.75) is 25.4 Å². The molecule has 0 aliphatic carbocycles. The Hall–Kier alpha value is -2.11. The second-order valence-corrected chi connectivity index (χ2v) is 6.51. The number of hydrogen-bond donors (Lipinski definition) is 2. The Balaban J connectivity index is 1.52. The summed E-state index contributed by atoms with van der Waals surface area (Å²) in [6.45, 7) is 2.88. The average Bonchev–Trinajstić information content (AvgIpc) is 2.59. The van der Waals surface area contributed by atoms with E-state index in [1.807, 2.05) is 6.07 Å². The molecule has 1 aromatic carbocycles. The number of nitrogens with one attached hydrogen (secondary N) is 1. The Bertz CT molecular complexity index is 699. The molecule has 1 saturated heterocycles. The summed E-state index contributed by atoms with van der Waals surface area (Å²) in [5, 5.41) is 3.38. The van der Waals surface area contributed by atoms with Gasteiger partial charge in [-0.05, 0) is 24.5 Å². The molecule has 0 radical (unpaired) electrons. The lowest BCUT2D eigenvalue weighted by Crippen LogP contribution is -2.44. The van der Waals surface area contributed by atoms with E-state index >= 15 is 0 Å². The zero-order chi connectivity index (χ0) is 16.9. The lowest BCUT2D eigenvalue weighted by atomic mass is 10.0. The van der Waals surface area contributed by atoms with Crippen LogP contribution in [0.5, 0.6) is 0 Å². The molecule has 5 nitrogen and oxygen atoms in total. The van der Waals surface area contributed by atoms with Crippen LogP contribution in [-0.4, -0.2) is 34.9 Å². The van der Waals surface area contributed by atoms with Crippen LogP contribution in [0.2, 0.25) is 5.02 Å². The number of rotatable bonds is 4. The van der Waals surface area contributed by atoms with Crippen molar-refractivity contribution in [3.63, 3.8) is 0 Å². The Morgan fingerprint density at radius 2 is 2.00 bits per heavy atom. The van der Waals surface area contributed by atoms with E-state index in [0.29, 0.717) is 16.4 Å². The summed E-state index contributed by atoms with van der Waals surface area (Å²) in [4.78, 5) is 18.7. The monoisotopic (exact) mass is 344 g/mol. The number of halogens is 1. The van der Waals surface area contributed by atoms with Gasteiger partial charge in [-0.25, -0.2) is 4.98 Å². The summed E-state index contributed by atoms with van der Waals surface area (Å²) in [6.07, 6.45) is 3.27. The molecule has 2 aromatic rings. The molecule has 0 saturated carbocycles. The molecular formula is C18H21ClN4O. The van der Waals surface area contributed by atoms with Crippen LogP contribution in [0.15, 0.2) is 42.6 Å². The van der Waals surface area contributed by atoms with Crippen LogP contribution in [0.4, 0.5) is 5.82 Å². The van der Waals surface area contributed by atoms with Gasteiger partial charge in [0.15, 0.2) is 0 Å². The first-order chi connectivity index (χ1) is 11.6. The van der Waals surface area contributed by atoms with Crippen molar-refractivity contribution in [2.24, 2.45) is 0 Å². The Kier molecular flexibility index (Phi) is 5.33. The van der Waals surface area contributed by atoms with Gasteiger partial charge in [0, 0.05) is 31.9 Å². The second-order valence-electron chi connectivity index (χ2n) is 6.10. The molecule has 1 aromatic heterocycles. The third-order valence-corrected chi connectivity index (χ3v) is 4.59. The van der Waals surface area contributed by atoms with Gasteiger partial charge in [-0.1, -0.05) is 41.9 Å². The summed E-state index contributed by atoms with van der Waals surface area (Å²) in [5.74, 6) is 0.109. The maximum Gasteiger partial charge on any atom is 0.253 e. The number of nitrogens with zero attached hydrogens (tertiary/aromatic N) is 2. The van der Waals surface area contributed by atoms with Crippen molar-refractivity contribution in [3.8, 4) is 0 Å². The highest BCUT2D eigenvalue weighted by atomic mass is 35.5. The van der Waals surface area contributed by atoms with Gasteiger partial charge in [0.1, 0.15) is 5.82 Å². The minimum atomic E-state index is -0.185. The van der Waals surface area contributed by atoms with Gasteiger partial charge in [-0.3, -0.25) is 9.69 Å². The molecule has 1 aliphatic heterocycles. The van der Waals surface area contributed by atoms with Crippen LogP contribution < -0.4 is 11.1 Å². The molecule has 3 N–H and O–H groups in total. The minimum absolute atomic E-state index is 0.162. The zero-order valence-electron chi connectivity index (χ0n) is 13.4. The third-order valence-electron chi connectivity index (χ3n) is 4.29. The quantitative estimate of drug-likeness (QED) is 0.894. The van der Waals surface area contributed by atoms with Crippen molar-refractivity contribution in [1.82, 2.24) is 15.2 Å². The van der Waals surface area contributed by atoms with Crippen molar-refractivity contribution in [1.29, 1.82) is 0 Å². The highest BCUT2D eigenvalue weighted by Crippen LogP contribution is 2.18. The fraction of sp³-hybridized carbons (Fsp3) is 0.333. The molecule has 2 heterocycles. The van der Waals surface area contributed by atoms with Crippen molar-refractivity contribution >= 4 is 23.3 Å². The van der Waals surface area contributed by atoms with Crippen LogP contribution in [0, 0.1) is 0 Å². The maximum absolute atomic E-state index is 12.4. The van der Waals surface area contributed by atoms with Crippen LogP contribution in [0.3, 0.4) is 0 Å². The number of carbonyl (C=O) groups excluding carboxylic acids is 1. The second kappa shape index (κ2) is 7.64. The SMILES string of the molecule is Nc1cc(C(=O)NC2CCN(Cc3ccccc3)CC2)c(Cl)cn1. The fourth-order valence-electron chi connectivity index (χ4n) is 2.97. The fourth-order valence-corrected chi connectivity index (χ4v) is 3.16. The molecule has 3 rings (SSSR count). The van der Waals surface area contributed by atoms with E-state index in [4.69, 9.17) is 17.3 Å². The lowest BCUT2D eigenvalue weighted by molar-refractivity contribution is 0.0909. The topological polar surface area (TPSA) is 71.2 Å². The number of pyridine rings is 1. The van der Waals surface area contributed by atoms with Crippen LogP contribution in [-0.2, 0) is 6.54 Å². The summed E-state index contributed by atoms with van der Waals surface area (Å²) < 4.78 is 0. The van der Waals surface area contributed by atoms with E-state index in [1.165, 1.54) is 17.8 Å². The number of amides is 1. The van der Waals surface area contributed by atoms with E-state index in [1.54, 1.807) is 0 Å². The van der Waals surface area contributed by atoms with Crippen LogP contribution >= 0.6 is 11.6 Å². The summed E-state index contributed by atoms with van der Waals surface area (Å²) in [7, 11) is 0. The highest BCUT2D eigenvalue weighted by molar-refractivity contribution is 6.33. The predicted octanol–water partition coefficient (Wildman–Crippen LogP) is 2.71. The molecule has 126 valence electrons. The molecule has 6 heteroatoms. The predicted molar refractivity (Wildman–Crippen MR) is 95.9 cm³/mol. The minimum Gasteiger partial charge on any atom is -0.384 e. The van der Waals surface area contributed by atoms with Crippen molar-refractivity contribution in [2.75, 3.05) is 18.8 Å². The number of piperidine rings is 1. The molecule has 0 atom stereocenters. The van der Waals surface area contributed by atoms with E-state index in [0.717, 1.165) is 32.5 Å². The van der Waals surface area contributed by atoms with Gasteiger partial charge < -0.3 is 11.1 Å². The van der Waals surface area contributed by atoms with Gasteiger partial charge in [0.2, 0.25) is 0 Å². The first kappa shape index (κ1) is 16.7. The number of nitrogens with two attached hydrogens (primary N) is 1. The lowest BCUT2D eigenvalue weighted by Gasteiger charge is -2.32. The Morgan fingerprint density at radius 1 is 1.29 bits per heavy atom. The van der Waals surface area contributed by atoms with Crippen molar-refractivity contribution in [3.05, 3.63) is 58.7 Å². The number of likely N-dealkylation sites (tertiary alicyclic amines) is 1. The third kappa shape index (κ3) is 4.24. The average molecular weight is 345 g/mol. The van der Waals surface area contributed by atoms with E-state index < -0.39 is 0 Å². The van der Waals surface area contributed by atoms with Gasteiger partial charge in [-0.15, -0.1) is 0 Å². The number of benzene rings is 1. The van der Waals surface area contributed by atoms with E-state index in [9.17, 15) is 4.79 Å². The number of hydrogen-bond acceptors (Lipinski definition) is 4. The summed E-state index contributed by atoms with van der Waals surface area (Å²) in [5.41, 5.74) is 7.34. The molecule has 1 amide bonds. The summed E-state index contributed by atoms with van der Waals surface area (Å²) >= 11 is 6.04. The highest BCUT2D eigenvalue weighted by Gasteiger charge is 2.22. The Morgan fingerprint density at radius 3 is 2.71 bits per heavy atom. The van der Waals surface area contributed by atoms with Gasteiger partial charge in [-0.2, -0.15) is 0 Å². The first-order valence-corrected chi connectivity index (χ1v) is 8.48. The molecule has 0 bridgehead atoms. The Labute approximate surface area is 146 Å². The molecule has 1 fully saturated rings. The molecule has 1 aliphatic rings. The molecular weight excluding hydrogens is 324 g/mol. The smallest absolute Gasteiger partial charge is 0.253 e. The largest absolute Gasteiger partial charge is 0.384 e. The normalized spacial score (nSPS) is 16.0. The molecule has 0 unspecified atom stereocenters. The van der Waals surface area contributed by atoms with Crippen molar-refractivity contribution < 1.29 is 4.79 Å². The van der Waals surface area contributed by atoms with Gasteiger partial charge in [0.25, 0.3) is 5.91 Å². The number of anilines is 1. The molecule has 0 spiro atoms. The van der Waals surface area contributed by atoms with Gasteiger partial charge >= 0.3 is 0 Å². The van der Waals surface area contributed by atoms with Crippen LogP contribution in [0.1, 0.15) is 28.8 Å². The van der Waals surface area contributed by atoms with E-state index in [-0.39, 0.29) is 11.9 Å². The van der Waals surface area contributed by atoms with Crippen LogP contribution in [0.25, 0.3) is 0 Å². The number of aromatic nitrogens is 1. The first-order valence-electron chi connectivity index (χ1n) is 8.10. The van der Waals surface area contributed by atoms with Gasteiger partial charge in [0.05, 0.1) is 10.6 Å². The standard InChI is InChI=1S/C18H21ClN4O/c19-16-11-21-17(20)10-15(16)18(24)22-14-6-8-23(9-7-14)12-13-4-2-1-3-5-13/h1-5,10-11,14H,6-9,12H2,(H2,20,21)(H,22,24). The zero-order valence-corrected chi connectivity index (χ0v) is 14.2. The van der Waals surface area contributed by atoms with E-state index in [2.05, 4.69) is 39.5 Å². The maximum atomic E-state index is 12.4. The number of carbonyl (C=O) groups is 1.